The van der Waals surface area contributed by atoms with Crippen LogP contribution in [0.4, 0.5) is 0 Å². The molecule has 1 aliphatic heterocycles. The quantitative estimate of drug-likeness (QED) is 0.833. The largest absolute Gasteiger partial charge is 0.392 e. The molecule has 2 N–H and O–H groups in total. The summed E-state index contributed by atoms with van der Waals surface area (Å²) >= 11 is 0. The molecule has 0 aromatic heterocycles. The van der Waals surface area contributed by atoms with E-state index in [9.17, 15) is 9.90 Å². The van der Waals surface area contributed by atoms with Crippen molar-refractivity contribution in [3.8, 4) is 0 Å². The summed E-state index contributed by atoms with van der Waals surface area (Å²) < 4.78 is 0. The molecule has 4 nitrogen and oxygen atoms in total. The first-order chi connectivity index (χ1) is 8.65. The maximum atomic E-state index is 11.9. The number of amides is 1. The highest BCUT2D eigenvalue weighted by Gasteiger charge is 2.22. The normalized spacial score (nSPS) is 21.8. The molecule has 2 rings (SSSR count). The van der Waals surface area contributed by atoms with Crippen LogP contribution in [0.25, 0.3) is 0 Å². The van der Waals surface area contributed by atoms with E-state index < -0.39 is 0 Å². The topological polar surface area (TPSA) is 52.6 Å². The van der Waals surface area contributed by atoms with Crippen molar-refractivity contribution in [2.24, 2.45) is 0 Å². The van der Waals surface area contributed by atoms with Gasteiger partial charge >= 0.3 is 0 Å². The Labute approximate surface area is 108 Å². The van der Waals surface area contributed by atoms with E-state index in [4.69, 9.17) is 0 Å². The van der Waals surface area contributed by atoms with Gasteiger partial charge < -0.3 is 10.4 Å². The van der Waals surface area contributed by atoms with E-state index in [0.29, 0.717) is 13.1 Å². The van der Waals surface area contributed by atoms with Crippen molar-refractivity contribution >= 4 is 5.91 Å². The molecule has 98 valence electrons. The molecule has 0 radical (unpaired) electrons. The van der Waals surface area contributed by atoms with E-state index in [-0.39, 0.29) is 18.1 Å². The Morgan fingerprint density at radius 2 is 2.22 bits per heavy atom. The summed E-state index contributed by atoms with van der Waals surface area (Å²) in [5.41, 5.74) is 1.10. The van der Waals surface area contributed by atoms with Crippen LogP contribution in [0.5, 0.6) is 0 Å². The lowest BCUT2D eigenvalue weighted by Crippen LogP contribution is -2.37. The Morgan fingerprint density at radius 1 is 1.50 bits per heavy atom. The number of hydrogen-bond acceptors (Lipinski definition) is 3. The lowest BCUT2D eigenvalue weighted by molar-refractivity contribution is -0.122. The Hall–Kier alpha value is -1.39. The second-order valence-electron chi connectivity index (χ2n) is 4.88. The SMILES string of the molecule is CC(NC(=O)CN1CC[C@@H](O)C1)c1ccccc1. The Balaban J connectivity index is 1.81. The van der Waals surface area contributed by atoms with E-state index in [1.54, 1.807) is 0 Å². The highest BCUT2D eigenvalue weighted by molar-refractivity contribution is 5.78. The van der Waals surface area contributed by atoms with Crippen LogP contribution in [0.1, 0.15) is 24.9 Å². The molecule has 1 aromatic carbocycles. The summed E-state index contributed by atoms with van der Waals surface area (Å²) in [6, 6.07) is 9.92. The van der Waals surface area contributed by atoms with Gasteiger partial charge in [0.05, 0.1) is 18.7 Å². The predicted molar refractivity (Wildman–Crippen MR) is 70.1 cm³/mol. The van der Waals surface area contributed by atoms with E-state index >= 15 is 0 Å². The molecule has 1 heterocycles. The third-order valence-corrected chi connectivity index (χ3v) is 3.29. The van der Waals surface area contributed by atoms with Crippen molar-refractivity contribution < 1.29 is 9.90 Å². The van der Waals surface area contributed by atoms with Gasteiger partial charge in [-0.05, 0) is 18.9 Å². The Bertz CT molecular complexity index is 394. The average Bonchev–Trinajstić information content (AvgIpc) is 2.75. The minimum absolute atomic E-state index is 0.0143. The number of hydrogen-bond donors (Lipinski definition) is 2. The molecule has 1 unspecified atom stereocenters. The first-order valence-corrected chi connectivity index (χ1v) is 6.40. The zero-order chi connectivity index (χ0) is 13.0. The van der Waals surface area contributed by atoms with Crippen molar-refractivity contribution in [3.05, 3.63) is 35.9 Å². The Kier molecular flexibility index (Phi) is 4.33. The highest BCUT2D eigenvalue weighted by atomic mass is 16.3. The van der Waals surface area contributed by atoms with Crippen LogP contribution in [-0.4, -0.2) is 41.7 Å². The molecule has 0 saturated carbocycles. The zero-order valence-electron chi connectivity index (χ0n) is 10.7. The first-order valence-electron chi connectivity index (χ1n) is 6.40. The maximum absolute atomic E-state index is 11.9. The second-order valence-corrected chi connectivity index (χ2v) is 4.88. The van der Waals surface area contributed by atoms with Crippen LogP contribution in [-0.2, 0) is 4.79 Å². The van der Waals surface area contributed by atoms with Gasteiger partial charge in [-0.25, -0.2) is 0 Å². The lowest BCUT2D eigenvalue weighted by atomic mass is 10.1. The minimum Gasteiger partial charge on any atom is -0.392 e. The van der Waals surface area contributed by atoms with Crippen molar-refractivity contribution in [1.29, 1.82) is 0 Å². The van der Waals surface area contributed by atoms with E-state index in [1.165, 1.54) is 0 Å². The fourth-order valence-electron chi connectivity index (χ4n) is 2.27. The molecule has 2 atom stereocenters. The number of nitrogens with zero attached hydrogens (tertiary/aromatic N) is 1. The lowest BCUT2D eigenvalue weighted by Gasteiger charge is -2.18. The summed E-state index contributed by atoms with van der Waals surface area (Å²) in [6.07, 6.45) is 0.492. The predicted octanol–water partition coefficient (Wildman–Crippen LogP) is 0.930. The molecular weight excluding hydrogens is 228 g/mol. The number of carbonyl (C=O) groups excluding carboxylic acids is 1. The van der Waals surface area contributed by atoms with Gasteiger partial charge in [0.15, 0.2) is 0 Å². The number of β-amino-alcohol motifs (C(OH)–C–C–N with tert-alkyl or cyclic N) is 1. The maximum Gasteiger partial charge on any atom is 0.234 e. The molecule has 1 aliphatic rings. The summed E-state index contributed by atoms with van der Waals surface area (Å²) in [4.78, 5) is 13.8. The fourth-order valence-corrected chi connectivity index (χ4v) is 2.27. The third kappa shape index (κ3) is 3.55. The highest BCUT2D eigenvalue weighted by Crippen LogP contribution is 2.12. The van der Waals surface area contributed by atoms with Gasteiger partial charge in [-0.2, -0.15) is 0 Å². The van der Waals surface area contributed by atoms with Crippen molar-refractivity contribution in [2.75, 3.05) is 19.6 Å². The fraction of sp³-hybridized carbons (Fsp3) is 0.500. The van der Waals surface area contributed by atoms with Gasteiger partial charge in [0.1, 0.15) is 0 Å². The van der Waals surface area contributed by atoms with Gasteiger partial charge in [0.2, 0.25) is 5.91 Å². The first kappa shape index (κ1) is 13.1. The molecule has 0 bridgehead atoms. The summed E-state index contributed by atoms with van der Waals surface area (Å²) in [5.74, 6) is 0.0143. The molecule has 0 spiro atoms. The summed E-state index contributed by atoms with van der Waals surface area (Å²) in [5, 5.41) is 12.4. The number of nitrogens with one attached hydrogen (secondary N) is 1. The van der Waals surface area contributed by atoms with Crippen molar-refractivity contribution in [1.82, 2.24) is 10.2 Å². The molecular formula is C14H20N2O2. The Morgan fingerprint density at radius 3 is 2.83 bits per heavy atom. The van der Waals surface area contributed by atoms with Crippen LogP contribution in [0.15, 0.2) is 30.3 Å². The second kappa shape index (κ2) is 5.98. The van der Waals surface area contributed by atoms with Crippen LogP contribution >= 0.6 is 0 Å². The summed E-state index contributed by atoms with van der Waals surface area (Å²) in [7, 11) is 0. The van der Waals surface area contributed by atoms with Crippen molar-refractivity contribution in [2.45, 2.75) is 25.5 Å². The number of likely N-dealkylation sites (tertiary alicyclic amines) is 1. The van der Waals surface area contributed by atoms with E-state index in [1.807, 2.05) is 42.2 Å². The minimum atomic E-state index is -0.274. The smallest absolute Gasteiger partial charge is 0.234 e. The average molecular weight is 248 g/mol. The van der Waals surface area contributed by atoms with Gasteiger partial charge in [-0.3, -0.25) is 9.69 Å². The molecule has 0 aliphatic carbocycles. The van der Waals surface area contributed by atoms with Gasteiger partial charge in [-0.1, -0.05) is 30.3 Å². The molecule has 4 heteroatoms. The van der Waals surface area contributed by atoms with Crippen LogP contribution in [0, 0.1) is 0 Å². The molecule has 1 amide bonds. The molecule has 18 heavy (non-hydrogen) atoms. The molecule has 1 fully saturated rings. The zero-order valence-corrected chi connectivity index (χ0v) is 10.7. The number of aliphatic hydroxyl groups excluding tert-OH is 1. The number of benzene rings is 1. The molecule has 1 aromatic rings. The standard InChI is InChI=1S/C14H20N2O2/c1-11(12-5-3-2-4-6-12)15-14(18)10-16-8-7-13(17)9-16/h2-6,11,13,17H,7-10H2,1H3,(H,15,18)/t11?,13-/m1/s1. The van der Waals surface area contributed by atoms with Crippen LogP contribution < -0.4 is 5.32 Å². The molecule has 1 saturated heterocycles. The number of aliphatic hydroxyl groups is 1. The summed E-state index contributed by atoms with van der Waals surface area (Å²) in [6.45, 7) is 3.75. The van der Waals surface area contributed by atoms with Crippen LogP contribution in [0.3, 0.4) is 0 Å². The van der Waals surface area contributed by atoms with Crippen molar-refractivity contribution in [3.63, 3.8) is 0 Å². The number of carbonyl (C=O) groups is 1. The van der Waals surface area contributed by atoms with Gasteiger partial charge in [0.25, 0.3) is 0 Å². The van der Waals surface area contributed by atoms with Crippen LogP contribution in [0.2, 0.25) is 0 Å². The third-order valence-electron chi connectivity index (χ3n) is 3.29. The van der Waals surface area contributed by atoms with Gasteiger partial charge in [0, 0.05) is 13.1 Å². The van der Waals surface area contributed by atoms with Gasteiger partial charge in [-0.15, -0.1) is 0 Å². The van der Waals surface area contributed by atoms with E-state index in [0.717, 1.165) is 18.5 Å². The van der Waals surface area contributed by atoms with E-state index in [2.05, 4.69) is 5.32 Å². The number of rotatable bonds is 4. The monoisotopic (exact) mass is 248 g/mol.